The standard InChI is InChI=1S/C12H16N2O6S/c1-3-6-13(8-12(15)16)10-5-4-9(21(2,19)20)7-11(10)14(17)18/h4-5,7H,3,6,8H2,1-2H3,(H,15,16). The van der Waals surface area contributed by atoms with Crippen molar-refractivity contribution in [3.63, 3.8) is 0 Å². The number of carboxylic acid groups (broad SMARTS) is 1. The van der Waals surface area contributed by atoms with Crippen molar-refractivity contribution in [3.8, 4) is 0 Å². The second-order valence-electron chi connectivity index (χ2n) is 4.50. The number of nitro groups is 1. The highest BCUT2D eigenvalue weighted by Crippen LogP contribution is 2.30. The van der Waals surface area contributed by atoms with Crippen LogP contribution in [0.25, 0.3) is 0 Å². The number of hydrogen-bond donors (Lipinski definition) is 1. The normalized spacial score (nSPS) is 11.1. The van der Waals surface area contributed by atoms with Crippen LogP contribution in [0.3, 0.4) is 0 Å². The maximum absolute atomic E-state index is 11.5. The Kier molecular flexibility index (Phi) is 5.25. The SMILES string of the molecule is CCCN(CC(=O)O)c1ccc(S(C)(=O)=O)cc1[N+](=O)[O-]. The zero-order valence-corrected chi connectivity index (χ0v) is 12.5. The Morgan fingerprint density at radius 2 is 2.05 bits per heavy atom. The van der Waals surface area contributed by atoms with Crippen LogP contribution in [0.4, 0.5) is 11.4 Å². The molecule has 0 heterocycles. The number of carbonyl (C=O) groups is 1. The van der Waals surface area contributed by atoms with Gasteiger partial charge in [-0.05, 0) is 18.6 Å². The van der Waals surface area contributed by atoms with Crippen LogP contribution in [-0.2, 0) is 14.6 Å². The molecule has 116 valence electrons. The van der Waals surface area contributed by atoms with E-state index in [-0.39, 0.29) is 10.6 Å². The number of benzene rings is 1. The molecule has 21 heavy (non-hydrogen) atoms. The Morgan fingerprint density at radius 1 is 1.43 bits per heavy atom. The van der Waals surface area contributed by atoms with E-state index in [4.69, 9.17) is 5.11 Å². The van der Waals surface area contributed by atoms with Crippen molar-refractivity contribution in [2.75, 3.05) is 24.2 Å². The van der Waals surface area contributed by atoms with Crippen molar-refractivity contribution in [3.05, 3.63) is 28.3 Å². The van der Waals surface area contributed by atoms with Gasteiger partial charge in [-0.3, -0.25) is 14.9 Å². The van der Waals surface area contributed by atoms with Crippen LogP contribution in [0.15, 0.2) is 23.1 Å². The third-order valence-corrected chi connectivity index (χ3v) is 3.84. The molecule has 0 amide bonds. The van der Waals surface area contributed by atoms with E-state index in [1.807, 2.05) is 6.92 Å². The molecule has 9 heteroatoms. The molecule has 8 nitrogen and oxygen atoms in total. The molecule has 0 saturated heterocycles. The van der Waals surface area contributed by atoms with E-state index in [0.29, 0.717) is 13.0 Å². The van der Waals surface area contributed by atoms with Gasteiger partial charge in [0, 0.05) is 18.9 Å². The molecule has 0 spiro atoms. The van der Waals surface area contributed by atoms with Gasteiger partial charge in [0.1, 0.15) is 12.2 Å². The van der Waals surface area contributed by atoms with E-state index < -0.39 is 33.0 Å². The van der Waals surface area contributed by atoms with Crippen molar-refractivity contribution in [2.45, 2.75) is 18.2 Å². The molecular weight excluding hydrogens is 300 g/mol. The molecular formula is C12H16N2O6S. The van der Waals surface area contributed by atoms with Crippen LogP contribution < -0.4 is 4.90 Å². The lowest BCUT2D eigenvalue weighted by atomic mass is 10.2. The second kappa shape index (κ2) is 6.53. The van der Waals surface area contributed by atoms with E-state index >= 15 is 0 Å². The molecule has 0 radical (unpaired) electrons. The van der Waals surface area contributed by atoms with Gasteiger partial charge in [-0.2, -0.15) is 0 Å². The van der Waals surface area contributed by atoms with Crippen LogP contribution in [0.5, 0.6) is 0 Å². The van der Waals surface area contributed by atoms with Gasteiger partial charge >= 0.3 is 5.97 Å². The molecule has 0 bridgehead atoms. The van der Waals surface area contributed by atoms with E-state index in [0.717, 1.165) is 12.3 Å². The lowest BCUT2D eigenvalue weighted by Gasteiger charge is -2.22. The number of rotatable bonds is 7. The van der Waals surface area contributed by atoms with Crippen LogP contribution >= 0.6 is 0 Å². The fourth-order valence-corrected chi connectivity index (χ4v) is 2.51. The summed E-state index contributed by atoms with van der Waals surface area (Å²) in [4.78, 5) is 22.4. The minimum absolute atomic E-state index is 0.0941. The molecule has 0 unspecified atom stereocenters. The van der Waals surface area contributed by atoms with Crippen molar-refractivity contribution < 1.29 is 23.2 Å². The second-order valence-corrected chi connectivity index (χ2v) is 6.51. The fourth-order valence-electron chi connectivity index (χ4n) is 1.87. The maximum Gasteiger partial charge on any atom is 0.323 e. The fraction of sp³-hybridized carbons (Fsp3) is 0.417. The summed E-state index contributed by atoms with van der Waals surface area (Å²) in [5, 5.41) is 20.0. The number of nitro benzene ring substituents is 1. The predicted octanol–water partition coefficient (Wildman–Crippen LogP) is 1.30. The first-order chi connectivity index (χ1) is 9.66. The van der Waals surface area contributed by atoms with Crippen molar-refractivity contribution in [2.24, 2.45) is 0 Å². The quantitative estimate of drug-likeness (QED) is 0.595. The van der Waals surface area contributed by atoms with Crippen LogP contribution in [0, 0.1) is 10.1 Å². The molecule has 0 fully saturated rings. The summed E-state index contributed by atoms with van der Waals surface area (Å²) in [6.45, 7) is 1.73. The molecule has 0 aromatic heterocycles. The van der Waals surface area contributed by atoms with Gasteiger partial charge in [0.25, 0.3) is 5.69 Å². The van der Waals surface area contributed by atoms with Crippen molar-refractivity contribution in [1.82, 2.24) is 0 Å². The Bertz CT molecular complexity index is 656. The van der Waals surface area contributed by atoms with Crippen molar-refractivity contribution >= 4 is 27.2 Å². The summed E-state index contributed by atoms with van der Waals surface area (Å²) >= 11 is 0. The summed E-state index contributed by atoms with van der Waals surface area (Å²) in [5.74, 6) is -1.12. The topological polar surface area (TPSA) is 118 Å². The largest absolute Gasteiger partial charge is 0.480 e. The highest BCUT2D eigenvalue weighted by atomic mass is 32.2. The Balaban J connectivity index is 3.39. The smallest absolute Gasteiger partial charge is 0.323 e. The average Bonchev–Trinajstić information content (AvgIpc) is 2.36. The monoisotopic (exact) mass is 316 g/mol. The average molecular weight is 316 g/mol. The first-order valence-corrected chi connectivity index (χ1v) is 8.01. The highest BCUT2D eigenvalue weighted by Gasteiger charge is 2.23. The van der Waals surface area contributed by atoms with Crippen LogP contribution in [-0.4, -0.2) is 43.8 Å². The number of aliphatic carboxylic acids is 1. The Labute approximate surface area is 122 Å². The van der Waals surface area contributed by atoms with Gasteiger partial charge < -0.3 is 10.0 Å². The maximum atomic E-state index is 11.5. The number of nitrogens with zero attached hydrogens (tertiary/aromatic N) is 2. The summed E-state index contributed by atoms with van der Waals surface area (Å²) in [6, 6.07) is 3.46. The van der Waals surface area contributed by atoms with Crippen LogP contribution in [0.2, 0.25) is 0 Å². The highest BCUT2D eigenvalue weighted by molar-refractivity contribution is 7.90. The zero-order chi connectivity index (χ0) is 16.2. The lowest BCUT2D eigenvalue weighted by Crippen LogP contribution is -2.31. The molecule has 0 aliphatic carbocycles. The molecule has 1 rings (SSSR count). The van der Waals surface area contributed by atoms with Gasteiger partial charge in [0.2, 0.25) is 0 Å². The first kappa shape index (κ1) is 16.9. The molecule has 0 saturated carbocycles. The number of hydrogen-bond acceptors (Lipinski definition) is 6. The van der Waals surface area contributed by atoms with E-state index in [2.05, 4.69) is 0 Å². The van der Waals surface area contributed by atoms with Gasteiger partial charge in [-0.1, -0.05) is 6.92 Å². The number of carboxylic acids is 1. The molecule has 1 aromatic carbocycles. The minimum atomic E-state index is -3.58. The summed E-state index contributed by atoms with van der Waals surface area (Å²) in [5.41, 5.74) is -0.329. The van der Waals surface area contributed by atoms with E-state index in [9.17, 15) is 23.3 Å². The molecule has 0 aliphatic heterocycles. The summed E-state index contributed by atoms with van der Waals surface area (Å²) in [6.07, 6.45) is 1.55. The Morgan fingerprint density at radius 3 is 2.48 bits per heavy atom. The van der Waals surface area contributed by atoms with Gasteiger partial charge in [-0.25, -0.2) is 8.42 Å². The molecule has 0 atom stereocenters. The first-order valence-electron chi connectivity index (χ1n) is 6.12. The summed E-state index contributed by atoms with van der Waals surface area (Å²) < 4.78 is 22.9. The number of sulfone groups is 1. The third kappa shape index (κ3) is 4.42. The molecule has 0 aliphatic rings. The van der Waals surface area contributed by atoms with Gasteiger partial charge in [0.15, 0.2) is 9.84 Å². The van der Waals surface area contributed by atoms with Crippen molar-refractivity contribution in [1.29, 1.82) is 0 Å². The van der Waals surface area contributed by atoms with E-state index in [1.165, 1.54) is 17.0 Å². The van der Waals surface area contributed by atoms with Gasteiger partial charge in [-0.15, -0.1) is 0 Å². The summed E-state index contributed by atoms with van der Waals surface area (Å²) in [7, 11) is -3.58. The third-order valence-electron chi connectivity index (χ3n) is 2.73. The minimum Gasteiger partial charge on any atom is -0.480 e. The number of anilines is 1. The molecule has 1 N–H and O–H groups in total. The molecule has 1 aromatic rings. The Hall–Kier alpha value is -2.16. The predicted molar refractivity (Wildman–Crippen MR) is 76.3 cm³/mol. The zero-order valence-electron chi connectivity index (χ0n) is 11.6. The van der Waals surface area contributed by atoms with Crippen LogP contribution in [0.1, 0.15) is 13.3 Å². The van der Waals surface area contributed by atoms with E-state index in [1.54, 1.807) is 0 Å². The van der Waals surface area contributed by atoms with Gasteiger partial charge in [0.05, 0.1) is 9.82 Å². The lowest BCUT2D eigenvalue weighted by molar-refractivity contribution is -0.384.